The summed E-state index contributed by atoms with van der Waals surface area (Å²) < 4.78 is 52.2. The average Bonchev–Trinajstić information content (AvgIpc) is 3.26. The third-order valence-electron chi connectivity index (χ3n) is 11.7. The van der Waals surface area contributed by atoms with Crippen LogP contribution in [-0.2, 0) is 52.2 Å². The molecule has 0 unspecified atom stereocenters. The standard InChI is InChI=1S/C37H66N4O25/c1-11-19(48)23(52)27(56)35(58-11)66-32-24(53)20(49)13(7-42)62-37(32)64-30-18(38-12(2)46)34(60-14(8-43)21(30)50)65-31-22(51)15(9-44)61-36(28(31)57)63-29-16(10-45)59-33(26(55)25(29)54)40-39-17(47)6-41(3,4)5/h11,13-16,18-37,40,42-45,48-57H,6-10H2,1-5H3,(H-,38,39,46,47)/p+1/t11-,13+,14+,15+,16+,18+,19+,20-,21+,22-,23+,24-,25+,26+,27-,28+,29+,30+,31-,32+,33-,34-,35+,36-,37-/m0/s1. The third kappa shape index (κ3) is 12.4. The van der Waals surface area contributed by atoms with E-state index in [0.717, 1.165) is 6.92 Å². The van der Waals surface area contributed by atoms with Crippen LogP contribution < -0.4 is 16.2 Å². The first-order valence-corrected chi connectivity index (χ1v) is 21.2. The zero-order valence-electron chi connectivity index (χ0n) is 36.7. The number of nitrogens with zero attached hydrogens (tertiary/aromatic N) is 1. The number of quaternary nitrogens is 1. The Morgan fingerprint density at radius 3 is 1.56 bits per heavy atom. The predicted octanol–water partition coefficient (Wildman–Crippen LogP) is -11.4. The van der Waals surface area contributed by atoms with Crippen LogP contribution in [0.2, 0.25) is 0 Å². The van der Waals surface area contributed by atoms with E-state index in [4.69, 9.17) is 42.6 Å². The molecule has 0 aromatic rings. The highest BCUT2D eigenvalue weighted by Gasteiger charge is 2.57. The van der Waals surface area contributed by atoms with Crippen molar-refractivity contribution in [3.05, 3.63) is 0 Å². The zero-order chi connectivity index (χ0) is 49.1. The number of hydrazine groups is 1. The number of rotatable bonds is 17. The Labute approximate surface area is 377 Å². The Kier molecular flexibility index (Phi) is 19.3. The van der Waals surface area contributed by atoms with Gasteiger partial charge in [0.2, 0.25) is 5.91 Å². The first-order valence-electron chi connectivity index (χ1n) is 21.2. The summed E-state index contributed by atoms with van der Waals surface area (Å²) in [6.07, 6.45) is -43.2. The molecule has 0 aromatic heterocycles. The maximum absolute atomic E-state index is 12.7. The van der Waals surface area contributed by atoms with Crippen LogP contribution in [-0.4, -0.2) is 295 Å². The van der Waals surface area contributed by atoms with E-state index in [2.05, 4.69) is 16.2 Å². The maximum atomic E-state index is 12.7. The lowest BCUT2D eigenvalue weighted by Gasteiger charge is -2.50. The molecule has 25 atom stereocenters. The van der Waals surface area contributed by atoms with Gasteiger partial charge < -0.3 is 124 Å². The Morgan fingerprint density at radius 1 is 0.500 bits per heavy atom. The van der Waals surface area contributed by atoms with Crippen molar-refractivity contribution in [2.75, 3.05) is 54.1 Å². The lowest BCUT2D eigenvalue weighted by molar-refractivity contribution is -0.862. The fourth-order valence-electron chi connectivity index (χ4n) is 8.11. The van der Waals surface area contributed by atoms with Gasteiger partial charge in [0.05, 0.1) is 53.7 Å². The smallest absolute Gasteiger partial charge is 0.289 e. The van der Waals surface area contributed by atoms with Gasteiger partial charge in [0, 0.05) is 6.92 Å². The van der Waals surface area contributed by atoms with Gasteiger partial charge in [0.1, 0.15) is 116 Å². The molecular weight excluding hydrogens is 900 g/mol. The van der Waals surface area contributed by atoms with E-state index in [1.807, 2.05) is 0 Å². The third-order valence-corrected chi connectivity index (χ3v) is 11.7. The molecule has 5 saturated heterocycles. The summed E-state index contributed by atoms with van der Waals surface area (Å²) in [7, 11) is 5.25. The SMILES string of the molecule is CC(=O)N[C@H]1[C@H](O[C@H]2[C@@H](O)[C@@H](CO)O[C@@H](O[C@H]3[C@H](O)[C@@H](O)[C@@H](NNC(=O)C[N+](C)(C)C)O[C@@H]3CO)[C@@H]2O)O[C@H](CO)[C@@H](O)[C@@H]1O[C@@H]1O[C@H](CO)[C@H](O)[C@H](O)[C@H]1O[C@H]1O[C@@H](C)[C@@H](O)[C@@H](O)[C@@H]1O. The molecule has 5 aliphatic rings. The highest BCUT2D eigenvalue weighted by Crippen LogP contribution is 2.36. The zero-order valence-corrected chi connectivity index (χ0v) is 36.7. The first kappa shape index (κ1) is 54.9. The molecule has 2 amide bonds. The van der Waals surface area contributed by atoms with Crippen molar-refractivity contribution in [3.8, 4) is 0 Å². The minimum absolute atomic E-state index is 0.00336. The molecule has 5 heterocycles. The lowest BCUT2D eigenvalue weighted by Crippen LogP contribution is -2.70. The molecule has 0 bridgehead atoms. The van der Waals surface area contributed by atoms with Crippen molar-refractivity contribution in [2.45, 2.75) is 167 Å². The summed E-state index contributed by atoms with van der Waals surface area (Å²) in [5.74, 6) is -1.34. The van der Waals surface area contributed by atoms with E-state index < -0.39 is 192 Å². The Balaban J connectivity index is 1.39. The van der Waals surface area contributed by atoms with E-state index in [1.54, 1.807) is 21.1 Å². The largest absolute Gasteiger partial charge is 0.394 e. The van der Waals surface area contributed by atoms with Crippen LogP contribution in [0, 0.1) is 0 Å². The Hall–Kier alpha value is -2.06. The van der Waals surface area contributed by atoms with Crippen LogP contribution in [0.5, 0.6) is 0 Å². The van der Waals surface area contributed by atoms with Crippen molar-refractivity contribution in [2.24, 2.45) is 0 Å². The molecule has 5 aliphatic heterocycles. The minimum Gasteiger partial charge on any atom is -0.394 e. The van der Waals surface area contributed by atoms with Gasteiger partial charge in [0.25, 0.3) is 5.91 Å². The topological polar surface area (TPSA) is 437 Å². The quantitative estimate of drug-likeness (QED) is 0.0475. The van der Waals surface area contributed by atoms with E-state index in [-0.39, 0.29) is 11.0 Å². The van der Waals surface area contributed by atoms with Crippen LogP contribution in [0.1, 0.15) is 13.8 Å². The molecular formula is C37H67N4O25+. The van der Waals surface area contributed by atoms with Crippen molar-refractivity contribution in [1.29, 1.82) is 0 Å². The van der Waals surface area contributed by atoms with Crippen molar-refractivity contribution in [1.82, 2.24) is 16.2 Å². The molecule has 0 spiro atoms. The van der Waals surface area contributed by atoms with Crippen LogP contribution in [0.4, 0.5) is 0 Å². The van der Waals surface area contributed by atoms with Gasteiger partial charge in [-0.1, -0.05) is 0 Å². The molecule has 5 fully saturated rings. The summed E-state index contributed by atoms with van der Waals surface area (Å²) in [5, 5.41) is 153. The summed E-state index contributed by atoms with van der Waals surface area (Å²) in [4.78, 5) is 25.1. The number of likely N-dealkylation sites (N-methyl/N-ethyl adjacent to an activating group) is 1. The Bertz CT molecular complexity index is 1550. The lowest BCUT2D eigenvalue weighted by atomic mass is 9.94. The number of aliphatic hydroxyl groups is 14. The number of hydrogen-bond acceptors (Lipinski definition) is 26. The number of carbonyl (C=O) groups excluding carboxylic acids is 2. The first-order chi connectivity index (χ1) is 31.0. The molecule has 29 heteroatoms. The van der Waals surface area contributed by atoms with Crippen LogP contribution >= 0.6 is 0 Å². The number of amides is 2. The molecule has 0 saturated carbocycles. The second-order valence-electron chi connectivity index (χ2n) is 17.8. The molecule has 0 aliphatic carbocycles. The molecule has 0 aromatic carbocycles. The predicted molar refractivity (Wildman–Crippen MR) is 209 cm³/mol. The summed E-state index contributed by atoms with van der Waals surface area (Å²) in [6.45, 7) is -1.36. The number of hydrogen-bond donors (Lipinski definition) is 17. The Morgan fingerprint density at radius 2 is 0.985 bits per heavy atom. The summed E-state index contributed by atoms with van der Waals surface area (Å²) in [5.41, 5.74) is 4.78. The van der Waals surface area contributed by atoms with E-state index >= 15 is 0 Å². The van der Waals surface area contributed by atoms with Crippen molar-refractivity contribution >= 4 is 11.8 Å². The molecule has 29 nitrogen and oxygen atoms in total. The van der Waals surface area contributed by atoms with E-state index in [0.29, 0.717) is 0 Å². The highest BCUT2D eigenvalue weighted by atomic mass is 16.8. The normalized spacial score (nSPS) is 47.0. The molecule has 17 N–H and O–H groups in total. The number of ether oxygens (including phenoxy) is 9. The van der Waals surface area contributed by atoms with Crippen LogP contribution in [0.15, 0.2) is 0 Å². The van der Waals surface area contributed by atoms with Crippen LogP contribution in [0.25, 0.3) is 0 Å². The van der Waals surface area contributed by atoms with Gasteiger partial charge >= 0.3 is 0 Å². The second-order valence-corrected chi connectivity index (χ2v) is 17.8. The van der Waals surface area contributed by atoms with Gasteiger partial charge in [-0.05, 0) is 6.92 Å². The molecule has 384 valence electrons. The van der Waals surface area contributed by atoms with Crippen molar-refractivity contribution in [3.63, 3.8) is 0 Å². The number of aliphatic hydroxyl groups excluding tert-OH is 14. The number of nitrogens with one attached hydrogen (secondary N) is 3. The maximum Gasteiger partial charge on any atom is 0.289 e. The molecule has 5 rings (SSSR count). The molecule has 0 radical (unpaired) electrons. The second kappa shape index (κ2) is 23.2. The minimum atomic E-state index is -2.13. The summed E-state index contributed by atoms with van der Waals surface area (Å²) >= 11 is 0. The van der Waals surface area contributed by atoms with Gasteiger partial charge in [-0.3, -0.25) is 15.0 Å². The fourth-order valence-corrected chi connectivity index (χ4v) is 8.11. The average molecular weight is 968 g/mol. The van der Waals surface area contributed by atoms with Gasteiger partial charge in [0.15, 0.2) is 37.9 Å². The van der Waals surface area contributed by atoms with Gasteiger partial charge in [-0.15, -0.1) is 0 Å². The van der Waals surface area contributed by atoms with Gasteiger partial charge in [-0.2, -0.15) is 0 Å². The van der Waals surface area contributed by atoms with E-state index in [9.17, 15) is 81.1 Å². The molecule has 66 heavy (non-hydrogen) atoms. The fraction of sp³-hybridized carbons (Fsp3) is 0.946. The number of carbonyl (C=O) groups is 2. The van der Waals surface area contributed by atoms with E-state index in [1.165, 1.54) is 6.92 Å². The van der Waals surface area contributed by atoms with Gasteiger partial charge in [-0.25, -0.2) is 5.43 Å². The monoisotopic (exact) mass is 967 g/mol. The summed E-state index contributed by atoms with van der Waals surface area (Å²) in [6, 6.07) is -1.74. The highest BCUT2D eigenvalue weighted by molar-refractivity contribution is 5.76. The van der Waals surface area contributed by atoms with Crippen molar-refractivity contribution < 1.29 is 128 Å². The van der Waals surface area contributed by atoms with Crippen LogP contribution in [0.3, 0.4) is 0 Å².